The van der Waals surface area contributed by atoms with Crippen LogP contribution < -0.4 is 0 Å². The first-order chi connectivity index (χ1) is 7.19. The van der Waals surface area contributed by atoms with Crippen molar-refractivity contribution in [3.8, 4) is 6.07 Å². The smallest absolute Gasteiger partial charge is 0.329 e. The Balaban J connectivity index is 2.93. The van der Waals surface area contributed by atoms with Crippen LogP contribution >= 0.6 is 15.9 Å². The Morgan fingerprint density at radius 1 is 1.80 bits per heavy atom. The van der Waals surface area contributed by atoms with Gasteiger partial charge in [0, 0.05) is 10.7 Å². The Morgan fingerprint density at radius 3 is 3.07 bits per heavy atom. The third-order valence-electron chi connectivity index (χ3n) is 1.69. The van der Waals surface area contributed by atoms with Gasteiger partial charge in [0.15, 0.2) is 5.92 Å². The molecule has 0 aromatic carbocycles. The predicted octanol–water partition coefficient (Wildman–Crippen LogP) is 2.01. The second-order valence-corrected chi connectivity index (χ2v) is 3.63. The molecule has 0 aliphatic heterocycles. The van der Waals surface area contributed by atoms with Gasteiger partial charge in [0.1, 0.15) is 0 Å². The Hall–Kier alpha value is -1.41. The molecule has 15 heavy (non-hydrogen) atoms. The molecule has 1 aromatic heterocycles. The highest BCUT2D eigenvalue weighted by molar-refractivity contribution is 9.10. The number of esters is 1. The lowest BCUT2D eigenvalue weighted by Gasteiger charge is -2.07. The average Bonchev–Trinajstić information content (AvgIpc) is 2.19. The number of ether oxygens (including phenoxy) is 1. The molecule has 0 fully saturated rings. The summed E-state index contributed by atoms with van der Waals surface area (Å²) in [7, 11) is 0. The van der Waals surface area contributed by atoms with E-state index in [1.165, 1.54) is 6.20 Å². The van der Waals surface area contributed by atoms with Crippen molar-refractivity contribution in [3.05, 3.63) is 28.5 Å². The summed E-state index contributed by atoms with van der Waals surface area (Å²) in [5.74, 6) is -1.52. The number of halogens is 1. The van der Waals surface area contributed by atoms with Crippen LogP contribution in [0.1, 0.15) is 18.5 Å². The van der Waals surface area contributed by atoms with Crippen LogP contribution in [-0.4, -0.2) is 17.6 Å². The molecular formula is C10H9BrN2O2. The van der Waals surface area contributed by atoms with Gasteiger partial charge in [-0.1, -0.05) is 15.9 Å². The van der Waals surface area contributed by atoms with E-state index < -0.39 is 11.9 Å². The molecule has 4 nitrogen and oxygen atoms in total. The van der Waals surface area contributed by atoms with Gasteiger partial charge >= 0.3 is 5.97 Å². The molecule has 5 heteroatoms. The molecule has 1 atom stereocenters. The first-order valence-electron chi connectivity index (χ1n) is 4.36. The molecule has 0 spiro atoms. The van der Waals surface area contributed by atoms with Crippen molar-refractivity contribution in [2.24, 2.45) is 0 Å². The lowest BCUT2D eigenvalue weighted by molar-refractivity contribution is -0.143. The Kier molecular flexibility index (Phi) is 4.25. The first kappa shape index (κ1) is 11.7. The molecule has 0 aliphatic carbocycles. The van der Waals surface area contributed by atoms with E-state index in [0.717, 1.165) is 4.47 Å². The van der Waals surface area contributed by atoms with Crippen molar-refractivity contribution in [1.82, 2.24) is 4.98 Å². The van der Waals surface area contributed by atoms with Gasteiger partial charge < -0.3 is 4.74 Å². The second-order valence-electron chi connectivity index (χ2n) is 2.71. The number of carbonyl (C=O) groups excluding carboxylic acids is 1. The third kappa shape index (κ3) is 3.03. The van der Waals surface area contributed by atoms with Crippen molar-refractivity contribution in [2.45, 2.75) is 12.8 Å². The summed E-state index contributed by atoms with van der Waals surface area (Å²) in [6, 6.07) is 5.23. The molecule has 1 heterocycles. The maximum absolute atomic E-state index is 11.4. The van der Waals surface area contributed by atoms with Crippen LogP contribution in [0.25, 0.3) is 0 Å². The number of pyridine rings is 1. The molecule has 0 amide bonds. The Bertz CT molecular complexity index is 401. The fourth-order valence-corrected chi connectivity index (χ4v) is 1.40. The standard InChI is InChI=1S/C10H9BrN2O2/c1-2-15-10(14)8(6-12)9-5-7(11)3-4-13-9/h3-5,8H,2H2,1H3/t8-/m1/s1. The minimum atomic E-state index is -0.956. The van der Waals surface area contributed by atoms with Gasteiger partial charge in [-0.3, -0.25) is 9.78 Å². The minimum absolute atomic E-state index is 0.255. The Morgan fingerprint density at radius 2 is 2.53 bits per heavy atom. The van der Waals surface area contributed by atoms with E-state index in [2.05, 4.69) is 20.9 Å². The van der Waals surface area contributed by atoms with Crippen LogP contribution in [0, 0.1) is 11.3 Å². The maximum atomic E-state index is 11.4. The monoisotopic (exact) mass is 268 g/mol. The van der Waals surface area contributed by atoms with Gasteiger partial charge in [-0.05, 0) is 19.1 Å². The van der Waals surface area contributed by atoms with E-state index in [4.69, 9.17) is 10.00 Å². The third-order valence-corrected chi connectivity index (χ3v) is 2.18. The normalized spacial score (nSPS) is 11.5. The van der Waals surface area contributed by atoms with Gasteiger partial charge in [0.2, 0.25) is 0 Å². The zero-order valence-electron chi connectivity index (χ0n) is 8.11. The van der Waals surface area contributed by atoms with E-state index in [1.54, 1.807) is 19.1 Å². The summed E-state index contributed by atoms with van der Waals surface area (Å²) in [5, 5.41) is 8.86. The molecule has 0 unspecified atom stereocenters. The second kappa shape index (κ2) is 5.47. The largest absolute Gasteiger partial charge is 0.465 e. The first-order valence-corrected chi connectivity index (χ1v) is 5.16. The van der Waals surface area contributed by atoms with Gasteiger partial charge in [0.05, 0.1) is 18.4 Å². The van der Waals surface area contributed by atoms with E-state index in [9.17, 15) is 4.79 Å². The summed E-state index contributed by atoms with van der Waals surface area (Å²) < 4.78 is 5.55. The number of nitrogens with zero attached hydrogens (tertiary/aromatic N) is 2. The van der Waals surface area contributed by atoms with Crippen molar-refractivity contribution >= 4 is 21.9 Å². The molecule has 0 saturated heterocycles. The molecule has 1 aromatic rings. The number of aromatic nitrogens is 1. The minimum Gasteiger partial charge on any atom is -0.465 e. The van der Waals surface area contributed by atoms with Gasteiger partial charge in [-0.15, -0.1) is 0 Å². The zero-order chi connectivity index (χ0) is 11.3. The number of rotatable bonds is 3. The van der Waals surface area contributed by atoms with Crippen LogP contribution in [-0.2, 0) is 9.53 Å². The summed E-state index contributed by atoms with van der Waals surface area (Å²) in [4.78, 5) is 15.3. The average molecular weight is 269 g/mol. The summed E-state index contributed by atoms with van der Waals surface area (Å²) in [6.07, 6.45) is 1.53. The highest BCUT2D eigenvalue weighted by atomic mass is 79.9. The molecule has 1 rings (SSSR count). The van der Waals surface area contributed by atoms with Crippen LogP contribution in [0.15, 0.2) is 22.8 Å². The molecule has 78 valence electrons. The number of hydrogen-bond acceptors (Lipinski definition) is 4. The molecule has 0 aliphatic rings. The van der Waals surface area contributed by atoms with Crippen LogP contribution in [0.3, 0.4) is 0 Å². The summed E-state index contributed by atoms with van der Waals surface area (Å²) in [6.45, 7) is 1.95. The number of nitriles is 1. The van der Waals surface area contributed by atoms with E-state index in [1.807, 2.05) is 6.07 Å². The van der Waals surface area contributed by atoms with Gasteiger partial charge in [-0.2, -0.15) is 5.26 Å². The zero-order valence-corrected chi connectivity index (χ0v) is 9.69. The summed E-state index contributed by atoms with van der Waals surface area (Å²) >= 11 is 3.25. The molecular weight excluding hydrogens is 260 g/mol. The summed E-state index contributed by atoms with van der Waals surface area (Å²) in [5.41, 5.74) is 0.394. The molecule has 0 saturated carbocycles. The Labute approximate surface area is 96.0 Å². The topological polar surface area (TPSA) is 63.0 Å². The molecule has 0 radical (unpaired) electrons. The van der Waals surface area contributed by atoms with Crippen molar-refractivity contribution in [1.29, 1.82) is 5.26 Å². The van der Waals surface area contributed by atoms with Gasteiger partial charge in [-0.25, -0.2) is 0 Å². The number of carbonyl (C=O) groups is 1. The molecule has 0 N–H and O–H groups in total. The van der Waals surface area contributed by atoms with Crippen molar-refractivity contribution in [3.63, 3.8) is 0 Å². The van der Waals surface area contributed by atoms with Crippen LogP contribution in [0.4, 0.5) is 0 Å². The van der Waals surface area contributed by atoms with Crippen LogP contribution in [0.2, 0.25) is 0 Å². The predicted molar refractivity (Wildman–Crippen MR) is 56.9 cm³/mol. The number of hydrogen-bond donors (Lipinski definition) is 0. The van der Waals surface area contributed by atoms with E-state index in [-0.39, 0.29) is 6.61 Å². The molecule has 0 bridgehead atoms. The van der Waals surface area contributed by atoms with Gasteiger partial charge in [0.25, 0.3) is 0 Å². The fraction of sp³-hybridized carbons (Fsp3) is 0.300. The quantitative estimate of drug-likeness (QED) is 0.787. The van der Waals surface area contributed by atoms with Crippen molar-refractivity contribution in [2.75, 3.05) is 6.61 Å². The maximum Gasteiger partial charge on any atom is 0.329 e. The highest BCUT2D eigenvalue weighted by Crippen LogP contribution is 2.18. The van der Waals surface area contributed by atoms with E-state index in [0.29, 0.717) is 5.69 Å². The van der Waals surface area contributed by atoms with E-state index >= 15 is 0 Å². The van der Waals surface area contributed by atoms with Crippen LogP contribution in [0.5, 0.6) is 0 Å². The lowest BCUT2D eigenvalue weighted by atomic mass is 10.1. The fourth-order valence-electron chi connectivity index (χ4n) is 1.04. The lowest BCUT2D eigenvalue weighted by Crippen LogP contribution is -2.15. The van der Waals surface area contributed by atoms with Crippen molar-refractivity contribution < 1.29 is 9.53 Å². The highest BCUT2D eigenvalue weighted by Gasteiger charge is 2.22. The SMILES string of the molecule is CCOC(=O)[C@H](C#N)c1cc(Br)ccn1.